The molecule has 1 aromatic carbocycles. The molecule has 0 bridgehead atoms. The van der Waals surface area contributed by atoms with E-state index in [9.17, 15) is 4.39 Å². The maximum atomic E-state index is 13.5. The first-order valence-electron chi connectivity index (χ1n) is 5.26. The van der Waals surface area contributed by atoms with Crippen molar-refractivity contribution in [3.8, 4) is 0 Å². The fraction of sp³-hybridized carbons (Fsp3) is 0.364. The fourth-order valence-corrected chi connectivity index (χ4v) is 1.45. The summed E-state index contributed by atoms with van der Waals surface area (Å²) in [6.07, 6.45) is 0. The molecular formula is C11H16BrFN4. The first-order chi connectivity index (χ1) is 8.02. The minimum absolute atomic E-state index is 0.327. The Morgan fingerprint density at radius 1 is 1.53 bits per heavy atom. The van der Waals surface area contributed by atoms with Crippen LogP contribution in [0.2, 0.25) is 0 Å². The summed E-state index contributed by atoms with van der Waals surface area (Å²) >= 11 is 3.19. The number of nitrogens with one attached hydrogen (secondary N) is 2. The third kappa shape index (κ3) is 4.70. The Morgan fingerprint density at radius 2 is 2.24 bits per heavy atom. The summed E-state index contributed by atoms with van der Waals surface area (Å²) in [6.45, 7) is 4.69. The number of aliphatic imine (C=N–C) groups is 1. The number of guanidine groups is 1. The number of anilines is 1. The fourth-order valence-electron chi connectivity index (χ4n) is 1.11. The highest BCUT2D eigenvalue weighted by molar-refractivity contribution is 9.10. The summed E-state index contributed by atoms with van der Waals surface area (Å²) in [6, 6.07) is 4.72. The van der Waals surface area contributed by atoms with Gasteiger partial charge in [-0.2, -0.15) is 0 Å². The standard InChI is InChI=1S/C11H16BrFN4/c1-7(2)6-15-11(17-14)16-10-4-3-8(12)5-9(10)13/h3-5,7H,6,14H2,1-2H3,(H2,15,16,17). The number of benzene rings is 1. The largest absolute Gasteiger partial charge is 0.323 e. The van der Waals surface area contributed by atoms with E-state index in [-0.39, 0.29) is 5.82 Å². The zero-order valence-electron chi connectivity index (χ0n) is 9.80. The predicted molar refractivity (Wildman–Crippen MR) is 72.2 cm³/mol. The van der Waals surface area contributed by atoms with Crippen molar-refractivity contribution in [2.75, 3.05) is 11.9 Å². The van der Waals surface area contributed by atoms with Crippen LogP contribution in [0.3, 0.4) is 0 Å². The van der Waals surface area contributed by atoms with E-state index < -0.39 is 0 Å². The molecule has 4 N–H and O–H groups in total. The van der Waals surface area contributed by atoms with Gasteiger partial charge in [-0.1, -0.05) is 29.8 Å². The zero-order chi connectivity index (χ0) is 12.8. The highest BCUT2D eigenvalue weighted by Gasteiger charge is 2.05. The minimum Gasteiger partial charge on any atom is -0.323 e. The number of nitrogens with two attached hydrogens (primary N) is 1. The Morgan fingerprint density at radius 3 is 2.76 bits per heavy atom. The Bertz CT molecular complexity index is 406. The van der Waals surface area contributed by atoms with Crippen LogP contribution >= 0.6 is 15.9 Å². The molecule has 6 heteroatoms. The van der Waals surface area contributed by atoms with Crippen LogP contribution in [0.5, 0.6) is 0 Å². The predicted octanol–water partition coefficient (Wildman–Crippen LogP) is 2.48. The van der Waals surface area contributed by atoms with Gasteiger partial charge >= 0.3 is 0 Å². The van der Waals surface area contributed by atoms with E-state index in [0.29, 0.717) is 28.6 Å². The molecule has 0 aliphatic carbocycles. The number of nitrogens with zero attached hydrogens (tertiary/aromatic N) is 1. The average Bonchev–Trinajstić information content (AvgIpc) is 2.26. The monoisotopic (exact) mass is 302 g/mol. The Balaban J connectivity index is 2.77. The number of halogens is 2. The molecule has 0 aromatic heterocycles. The lowest BCUT2D eigenvalue weighted by Crippen LogP contribution is -2.36. The van der Waals surface area contributed by atoms with E-state index in [1.807, 2.05) is 13.8 Å². The van der Waals surface area contributed by atoms with Crippen LogP contribution in [0.1, 0.15) is 13.8 Å². The molecule has 0 spiro atoms. The van der Waals surface area contributed by atoms with E-state index in [0.717, 1.165) is 0 Å². The van der Waals surface area contributed by atoms with E-state index in [1.165, 1.54) is 6.07 Å². The van der Waals surface area contributed by atoms with Gasteiger partial charge in [0.1, 0.15) is 5.82 Å². The molecule has 4 nitrogen and oxygen atoms in total. The molecule has 0 unspecified atom stereocenters. The number of hydrazine groups is 1. The van der Waals surface area contributed by atoms with Gasteiger partial charge in [0, 0.05) is 11.0 Å². The van der Waals surface area contributed by atoms with Crippen LogP contribution < -0.4 is 16.6 Å². The first-order valence-corrected chi connectivity index (χ1v) is 6.05. The van der Waals surface area contributed by atoms with Gasteiger partial charge in [-0.15, -0.1) is 0 Å². The van der Waals surface area contributed by atoms with Crippen molar-refractivity contribution in [1.29, 1.82) is 0 Å². The first kappa shape index (κ1) is 13.9. The quantitative estimate of drug-likeness (QED) is 0.348. The summed E-state index contributed by atoms with van der Waals surface area (Å²) in [4.78, 5) is 4.19. The smallest absolute Gasteiger partial charge is 0.210 e. The van der Waals surface area contributed by atoms with Crippen molar-refractivity contribution in [1.82, 2.24) is 5.43 Å². The second-order valence-corrected chi connectivity index (χ2v) is 4.89. The number of hydrogen-bond donors (Lipinski definition) is 3. The molecule has 17 heavy (non-hydrogen) atoms. The van der Waals surface area contributed by atoms with Gasteiger partial charge in [0.15, 0.2) is 0 Å². The molecule has 0 fully saturated rings. The van der Waals surface area contributed by atoms with Gasteiger partial charge in [0.05, 0.1) is 5.69 Å². The van der Waals surface area contributed by atoms with Crippen molar-refractivity contribution in [3.63, 3.8) is 0 Å². The maximum absolute atomic E-state index is 13.5. The van der Waals surface area contributed by atoms with Gasteiger partial charge in [0.2, 0.25) is 5.96 Å². The lowest BCUT2D eigenvalue weighted by Gasteiger charge is -2.10. The minimum atomic E-state index is -0.369. The molecule has 0 heterocycles. The molecule has 0 saturated heterocycles. The van der Waals surface area contributed by atoms with Crippen LogP contribution in [0.4, 0.5) is 10.1 Å². The molecule has 94 valence electrons. The summed E-state index contributed by atoms with van der Waals surface area (Å²) in [7, 11) is 0. The summed E-state index contributed by atoms with van der Waals surface area (Å²) in [5.41, 5.74) is 2.74. The van der Waals surface area contributed by atoms with Crippen LogP contribution in [0, 0.1) is 11.7 Å². The van der Waals surface area contributed by atoms with E-state index in [2.05, 4.69) is 31.7 Å². The Labute approximate surface area is 109 Å². The Kier molecular flexibility index (Phi) is 5.37. The van der Waals surface area contributed by atoms with Crippen molar-refractivity contribution in [2.45, 2.75) is 13.8 Å². The summed E-state index contributed by atoms with van der Waals surface area (Å²) < 4.78 is 14.2. The highest BCUT2D eigenvalue weighted by Crippen LogP contribution is 2.19. The molecule has 0 aliphatic rings. The van der Waals surface area contributed by atoms with Crippen LogP contribution in [0.25, 0.3) is 0 Å². The van der Waals surface area contributed by atoms with E-state index >= 15 is 0 Å². The normalized spacial score (nSPS) is 11.8. The summed E-state index contributed by atoms with van der Waals surface area (Å²) in [5, 5.41) is 2.80. The Hall–Kier alpha value is -1.14. The lowest BCUT2D eigenvalue weighted by atomic mass is 10.2. The van der Waals surface area contributed by atoms with Crippen LogP contribution in [-0.2, 0) is 0 Å². The van der Waals surface area contributed by atoms with E-state index in [1.54, 1.807) is 12.1 Å². The molecule has 1 rings (SSSR count). The third-order valence-electron chi connectivity index (χ3n) is 1.94. The van der Waals surface area contributed by atoms with Gasteiger partial charge in [-0.05, 0) is 24.1 Å². The molecule has 0 saturated carbocycles. The van der Waals surface area contributed by atoms with Crippen LogP contribution in [0.15, 0.2) is 27.7 Å². The van der Waals surface area contributed by atoms with Crippen molar-refractivity contribution in [3.05, 3.63) is 28.5 Å². The number of rotatable bonds is 3. The topological polar surface area (TPSA) is 62.4 Å². The lowest BCUT2D eigenvalue weighted by molar-refractivity contribution is 0.630. The van der Waals surface area contributed by atoms with Gasteiger partial charge in [-0.3, -0.25) is 10.4 Å². The SMILES string of the molecule is CC(C)CN=C(NN)Nc1ccc(Br)cc1F. The average molecular weight is 303 g/mol. The zero-order valence-corrected chi connectivity index (χ0v) is 11.4. The maximum Gasteiger partial charge on any atom is 0.210 e. The van der Waals surface area contributed by atoms with Gasteiger partial charge in [0.25, 0.3) is 0 Å². The van der Waals surface area contributed by atoms with Gasteiger partial charge < -0.3 is 5.32 Å². The van der Waals surface area contributed by atoms with Crippen LogP contribution in [-0.4, -0.2) is 12.5 Å². The molecule has 0 aliphatic heterocycles. The second-order valence-electron chi connectivity index (χ2n) is 3.98. The van der Waals surface area contributed by atoms with Crippen molar-refractivity contribution >= 4 is 27.6 Å². The summed E-state index contributed by atoms with van der Waals surface area (Å²) in [5.74, 6) is 5.70. The molecule has 1 aromatic rings. The molecule has 0 radical (unpaired) electrons. The van der Waals surface area contributed by atoms with E-state index in [4.69, 9.17) is 5.84 Å². The molecular weight excluding hydrogens is 287 g/mol. The third-order valence-corrected chi connectivity index (χ3v) is 2.43. The van der Waals surface area contributed by atoms with Gasteiger partial charge in [-0.25, -0.2) is 10.2 Å². The molecule has 0 amide bonds. The second kappa shape index (κ2) is 6.56. The number of hydrogen-bond acceptors (Lipinski definition) is 2. The highest BCUT2D eigenvalue weighted by atomic mass is 79.9. The van der Waals surface area contributed by atoms with Crippen molar-refractivity contribution in [2.24, 2.45) is 16.8 Å². The van der Waals surface area contributed by atoms with Crippen molar-refractivity contribution < 1.29 is 4.39 Å². The molecule has 0 atom stereocenters.